The molecule has 26 heavy (non-hydrogen) atoms. The summed E-state index contributed by atoms with van der Waals surface area (Å²) < 4.78 is 5.13. The normalized spacial score (nSPS) is 16.5. The van der Waals surface area contributed by atoms with Gasteiger partial charge in [-0.2, -0.15) is 0 Å². The number of hydrogen-bond acceptors (Lipinski definition) is 3. The van der Waals surface area contributed by atoms with Gasteiger partial charge in [0.25, 0.3) is 0 Å². The van der Waals surface area contributed by atoms with Gasteiger partial charge in [0.05, 0.1) is 6.61 Å². The Labute approximate surface area is 155 Å². The predicted molar refractivity (Wildman–Crippen MR) is 107 cm³/mol. The van der Waals surface area contributed by atoms with Gasteiger partial charge in [0.1, 0.15) is 0 Å². The Morgan fingerprint density at radius 2 is 2.31 bits per heavy atom. The lowest BCUT2D eigenvalue weighted by atomic mass is 9.86. The number of aryl methyl sites for hydroxylation is 1. The first-order valence-electron chi connectivity index (χ1n) is 9.48. The van der Waals surface area contributed by atoms with Crippen LogP contribution in [0.4, 0.5) is 10.5 Å². The van der Waals surface area contributed by atoms with Gasteiger partial charge in [0, 0.05) is 28.3 Å². The second-order valence-electron chi connectivity index (χ2n) is 7.35. The Balaban J connectivity index is 1.72. The lowest BCUT2D eigenvalue weighted by Crippen LogP contribution is -2.31. The molecule has 140 valence electrons. The SMILES string of the molecule is C=CCCOC(=O)Nc1ccc2[nH]c3c(c2c1)CC(CNC(C)C)CC3. The largest absolute Gasteiger partial charge is 0.449 e. The van der Waals surface area contributed by atoms with Crippen molar-refractivity contribution in [2.45, 2.75) is 45.6 Å². The van der Waals surface area contributed by atoms with Crippen molar-refractivity contribution in [1.29, 1.82) is 0 Å². The van der Waals surface area contributed by atoms with E-state index in [1.54, 1.807) is 6.08 Å². The van der Waals surface area contributed by atoms with Gasteiger partial charge in [0.15, 0.2) is 0 Å². The van der Waals surface area contributed by atoms with Crippen molar-refractivity contribution in [3.8, 4) is 0 Å². The maximum atomic E-state index is 11.9. The van der Waals surface area contributed by atoms with Crippen molar-refractivity contribution in [1.82, 2.24) is 10.3 Å². The molecule has 1 aliphatic rings. The number of benzene rings is 1. The fraction of sp³-hybridized carbons (Fsp3) is 0.476. The van der Waals surface area contributed by atoms with Gasteiger partial charge in [-0.25, -0.2) is 4.79 Å². The quantitative estimate of drug-likeness (QED) is 0.509. The first-order chi connectivity index (χ1) is 12.6. The van der Waals surface area contributed by atoms with Crippen molar-refractivity contribution in [3.63, 3.8) is 0 Å². The van der Waals surface area contributed by atoms with Gasteiger partial charge in [0.2, 0.25) is 0 Å². The molecule has 0 fully saturated rings. The molecule has 1 atom stereocenters. The van der Waals surface area contributed by atoms with E-state index >= 15 is 0 Å². The molecule has 1 heterocycles. The third-order valence-corrected chi connectivity index (χ3v) is 4.91. The maximum absolute atomic E-state index is 11.9. The highest BCUT2D eigenvalue weighted by atomic mass is 16.5. The van der Waals surface area contributed by atoms with E-state index in [2.05, 4.69) is 42.1 Å². The number of amides is 1. The summed E-state index contributed by atoms with van der Waals surface area (Å²) in [5.41, 5.74) is 4.64. The van der Waals surface area contributed by atoms with Crippen molar-refractivity contribution in [2.24, 2.45) is 5.92 Å². The van der Waals surface area contributed by atoms with Gasteiger partial charge in [-0.05, 0) is 61.9 Å². The average Bonchev–Trinajstić information content (AvgIpc) is 2.97. The minimum absolute atomic E-state index is 0.349. The topological polar surface area (TPSA) is 66.1 Å². The fourth-order valence-corrected chi connectivity index (χ4v) is 3.53. The number of rotatable bonds is 7. The molecule has 0 aliphatic heterocycles. The standard InChI is InChI=1S/C21H29N3O2/c1-4-5-10-26-21(25)23-16-7-9-20-18(12-16)17-11-15(13-22-14(2)3)6-8-19(17)24-20/h4,7,9,12,14-15,22,24H,1,5-6,8,10-11,13H2,2-3H3,(H,23,25). The summed E-state index contributed by atoms with van der Waals surface area (Å²) in [5, 5.41) is 7.58. The number of fused-ring (bicyclic) bond motifs is 3. The number of carbonyl (C=O) groups excluding carboxylic acids is 1. The Morgan fingerprint density at radius 3 is 3.08 bits per heavy atom. The first-order valence-corrected chi connectivity index (χ1v) is 9.48. The minimum atomic E-state index is -0.422. The van der Waals surface area contributed by atoms with E-state index in [1.807, 2.05) is 12.1 Å². The molecule has 0 saturated carbocycles. The van der Waals surface area contributed by atoms with Crippen molar-refractivity contribution < 1.29 is 9.53 Å². The molecule has 0 spiro atoms. The van der Waals surface area contributed by atoms with Gasteiger partial charge in [-0.3, -0.25) is 5.32 Å². The lowest BCUT2D eigenvalue weighted by molar-refractivity contribution is 0.164. The lowest BCUT2D eigenvalue weighted by Gasteiger charge is -2.24. The van der Waals surface area contributed by atoms with Crippen LogP contribution in [-0.4, -0.2) is 30.3 Å². The molecular weight excluding hydrogens is 326 g/mol. The van der Waals surface area contributed by atoms with E-state index in [4.69, 9.17) is 4.74 Å². The monoisotopic (exact) mass is 355 g/mol. The molecule has 0 saturated heterocycles. The van der Waals surface area contributed by atoms with E-state index in [1.165, 1.54) is 23.1 Å². The summed E-state index contributed by atoms with van der Waals surface area (Å²) in [4.78, 5) is 15.4. The van der Waals surface area contributed by atoms with Crippen LogP contribution in [0.1, 0.15) is 37.9 Å². The van der Waals surface area contributed by atoms with E-state index in [-0.39, 0.29) is 0 Å². The molecule has 0 radical (unpaired) electrons. The van der Waals surface area contributed by atoms with Crippen LogP contribution in [0.25, 0.3) is 10.9 Å². The Hall–Kier alpha value is -2.27. The highest BCUT2D eigenvalue weighted by Crippen LogP contribution is 2.33. The van der Waals surface area contributed by atoms with Crippen LogP contribution in [0.3, 0.4) is 0 Å². The van der Waals surface area contributed by atoms with Gasteiger partial charge in [-0.15, -0.1) is 6.58 Å². The zero-order chi connectivity index (χ0) is 18.5. The first kappa shape index (κ1) is 18.5. The number of anilines is 1. The molecule has 1 aliphatic carbocycles. The van der Waals surface area contributed by atoms with Crippen LogP contribution in [-0.2, 0) is 17.6 Å². The van der Waals surface area contributed by atoms with Crippen LogP contribution >= 0.6 is 0 Å². The van der Waals surface area contributed by atoms with Gasteiger partial charge < -0.3 is 15.0 Å². The molecule has 5 heteroatoms. The van der Waals surface area contributed by atoms with Crippen LogP contribution in [0, 0.1) is 5.92 Å². The molecule has 5 nitrogen and oxygen atoms in total. The van der Waals surface area contributed by atoms with Crippen LogP contribution < -0.4 is 10.6 Å². The summed E-state index contributed by atoms with van der Waals surface area (Å²) in [6, 6.07) is 6.52. The number of H-pyrrole nitrogens is 1. The summed E-state index contributed by atoms with van der Waals surface area (Å²) in [7, 11) is 0. The van der Waals surface area contributed by atoms with Crippen molar-refractivity contribution in [3.05, 3.63) is 42.1 Å². The van der Waals surface area contributed by atoms with Crippen LogP contribution in [0.15, 0.2) is 30.9 Å². The second kappa shape index (κ2) is 8.41. The Bertz CT molecular complexity index is 779. The minimum Gasteiger partial charge on any atom is -0.449 e. The highest BCUT2D eigenvalue weighted by molar-refractivity contribution is 5.92. The number of hydrogen-bond donors (Lipinski definition) is 3. The highest BCUT2D eigenvalue weighted by Gasteiger charge is 2.22. The third kappa shape index (κ3) is 4.47. The van der Waals surface area contributed by atoms with E-state index in [0.717, 1.165) is 30.6 Å². The summed E-state index contributed by atoms with van der Waals surface area (Å²) in [6.07, 6.45) is 5.33. The number of ether oxygens (including phenoxy) is 1. The fourth-order valence-electron chi connectivity index (χ4n) is 3.53. The summed E-state index contributed by atoms with van der Waals surface area (Å²) >= 11 is 0. The smallest absolute Gasteiger partial charge is 0.411 e. The van der Waals surface area contributed by atoms with Crippen molar-refractivity contribution in [2.75, 3.05) is 18.5 Å². The van der Waals surface area contributed by atoms with Crippen molar-refractivity contribution >= 4 is 22.7 Å². The molecule has 1 aromatic carbocycles. The van der Waals surface area contributed by atoms with Gasteiger partial charge >= 0.3 is 6.09 Å². The number of aromatic amines is 1. The molecule has 0 bridgehead atoms. The zero-order valence-electron chi connectivity index (χ0n) is 15.7. The molecule has 1 amide bonds. The van der Waals surface area contributed by atoms with Gasteiger partial charge in [-0.1, -0.05) is 19.9 Å². The number of nitrogens with one attached hydrogen (secondary N) is 3. The van der Waals surface area contributed by atoms with E-state index < -0.39 is 6.09 Å². The molecular formula is C21H29N3O2. The number of aromatic nitrogens is 1. The predicted octanol–water partition coefficient (Wildman–Crippen LogP) is 4.40. The summed E-state index contributed by atoms with van der Waals surface area (Å²) in [6.45, 7) is 9.39. The zero-order valence-corrected chi connectivity index (χ0v) is 15.7. The molecule has 3 N–H and O–H groups in total. The summed E-state index contributed by atoms with van der Waals surface area (Å²) in [5.74, 6) is 0.657. The van der Waals surface area contributed by atoms with Crippen LogP contribution in [0.5, 0.6) is 0 Å². The second-order valence-corrected chi connectivity index (χ2v) is 7.35. The molecule has 1 unspecified atom stereocenters. The molecule has 2 aromatic rings. The molecule has 1 aromatic heterocycles. The van der Waals surface area contributed by atoms with E-state index in [9.17, 15) is 4.79 Å². The Kier molecular flexibility index (Phi) is 5.99. The van der Waals surface area contributed by atoms with Crippen LogP contribution in [0.2, 0.25) is 0 Å². The number of carbonyl (C=O) groups is 1. The maximum Gasteiger partial charge on any atom is 0.411 e. The Morgan fingerprint density at radius 1 is 1.46 bits per heavy atom. The molecule has 3 rings (SSSR count). The third-order valence-electron chi connectivity index (χ3n) is 4.91. The van der Waals surface area contributed by atoms with E-state index in [0.29, 0.717) is 25.0 Å². The average molecular weight is 355 g/mol.